The van der Waals surface area contributed by atoms with Gasteiger partial charge in [-0.3, -0.25) is 14.4 Å². The van der Waals surface area contributed by atoms with E-state index in [9.17, 15) is 14.4 Å². The summed E-state index contributed by atoms with van der Waals surface area (Å²) in [7, 11) is 1.40. The molecule has 0 aromatic carbocycles. The van der Waals surface area contributed by atoms with Gasteiger partial charge in [0.15, 0.2) is 12.1 Å². The van der Waals surface area contributed by atoms with E-state index in [-0.39, 0.29) is 48.1 Å². The maximum absolute atomic E-state index is 12.5. The Balaban J connectivity index is 2.10. The monoisotopic (exact) mass is 492 g/mol. The largest absolute Gasteiger partial charge is 0.469 e. The molecule has 2 fully saturated rings. The van der Waals surface area contributed by atoms with Crippen LogP contribution in [0.2, 0.25) is 0 Å². The number of methoxy groups -OCH3 is 1. The molecule has 1 heterocycles. The molecule has 0 bridgehead atoms. The molecule has 7 nitrogen and oxygen atoms in total. The molecule has 1 aliphatic carbocycles. The second-order valence-electron chi connectivity index (χ2n) is 9.55. The van der Waals surface area contributed by atoms with Crippen LogP contribution in [0.4, 0.5) is 0 Å². The Bertz CT molecular complexity index is 708. The maximum atomic E-state index is 12.5. The van der Waals surface area contributed by atoms with E-state index < -0.39 is 0 Å². The van der Waals surface area contributed by atoms with Crippen molar-refractivity contribution in [2.24, 2.45) is 11.8 Å². The van der Waals surface area contributed by atoms with Crippen LogP contribution in [0, 0.1) is 11.8 Å². The highest BCUT2D eigenvalue weighted by molar-refractivity contribution is 5.89. The van der Waals surface area contributed by atoms with Crippen LogP contribution < -0.4 is 0 Å². The van der Waals surface area contributed by atoms with E-state index in [2.05, 4.69) is 23.8 Å². The number of hydrogen-bond acceptors (Lipinski definition) is 7. The lowest BCUT2D eigenvalue weighted by molar-refractivity contribution is -0.193. The number of allylic oxidation sites excluding steroid dienone is 3. The van der Waals surface area contributed by atoms with E-state index in [0.717, 1.165) is 51.4 Å². The van der Waals surface area contributed by atoms with Crippen LogP contribution >= 0.6 is 0 Å². The Morgan fingerprint density at radius 1 is 1.03 bits per heavy atom. The molecule has 35 heavy (non-hydrogen) atoms. The van der Waals surface area contributed by atoms with Crippen LogP contribution in [0.5, 0.6) is 0 Å². The van der Waals surface area contributed by atoms with Gasteiger partial charge < -0.3 is 18.9 Å². The van der Waals surface area contributed by atoms with Gasteiger partial charge in [0, 0.05) is 44.6 Å². The van der Waals surface area contributed by atoms with Gasteiger partial charge in [0.25, 0.3) is 0 Å². The molecule has 1 saturated carbocycles. The van der Waals surface area contributed by atoms with Crippen molar-refractivity contribution in [3.63, 3.8) is 0 Å². The molecule has 0 amide bonds. The average Bonchev–Trinajstić information content (AvgIpc) is 3.15. The summed E-state index contributed by atoms with van der Waals surface area (Å²) in [5.41, 5.74) is 0. The van der Waals surface area contributed by atoms with Crippen molar-refractivity contribution in [1.29, 1.82) is 0 Å². The average molecular weight is 493 g/mol. The normalized spacial score (nSPS) is 26.9. The van der Waals surface area contributed by atoms with Gasteiger partial charge in [0.05, 0.1) is 13.2 Å². The van der Waals surface area contributed by atoms with Crippen molar-refractivity contribution in [2.45, 2.75) is 109 Å². The summed E-state index contributed by atoms with van der Waals surface area (Å²) in [4.78, 5) is 35.6. The molecule has 7 heteroatoms. The minimum absolute atomic E-state index is 0.00374. The molecule has 0 aromatic heterocycles. The second-order valence-corrected chi connectivity index (χ2v) is 9.55. The summed E-state index contributed by atoms with van der Waals surface area (Å²) in [6, 6.07) is 0. The van der Waals surface area contributed by atoms with Gasteiger partial charge in [-0.15, -0.1) is 0 Å². The van der Waals surface area contributed by atoms with Crippen molar-refractivity contribution in [3.05, 3.63) is 24.3 Å². The molecule has 2 rings (SSSR count). The molecule has 0 spiro atoms. The second kappa shape index (κ2) is 16.6. The number of ether oxygens (including phenoxy) is 4. The van der Waals surface area contributed by atoms with Gasteiger partial charge in [-0.1, -0.05) is 38.0 Å². The Labute approximate surface area is 210 Å². The van der Waals surface area contributed by atoms with Crippen molar-refractivity contribution >= 4 is 17.7 Å². The Morgan fingerprint density at radius 2 is 1.86 bits per heavy atom. The third-order valence-electron chi connectivity index (χ3n) is 6.73. The van der Waals surface area contributed by atoms with Crippen molar-refractivity contribution < 1.29 is 33.3 Å². The van der Waals surface area contributed by atoms with Crippen LogP contribution in [0.25, 0.3) is 0 Å². The molecule has 0 radical (unpaired) electrons. The van der Waals surface area contributed by atoms with Gasteiger partial charge in [0.2, 0.25) is 0 Å². The van der Waals surface area contributed by atoms with Crippen LogP contribution in [-0.2, 0) is 33.3 Å². The van der Waals surface area contributed by atoms with E-state index in [4.69, 9.17) is 14.2 Å². The summed E-state index contributed by atoms with van der Waals surface area (Å²) >= 11 is 0. The highest BCUT2D eigenvalue weighted by Gasteiger charge is 2.45. The summed E-state index contributed by atoms with van der Waals surface area (Å²) in [5, 5.41) is 0. The smallest absolute Gasteiger partial charge is 0.305 e. The lowest BCUT2D eigenvalue weighted by atomic mass is 9.89. The van der Waals surface area contributed by atoms with E-state index in [1.165, 1.54) is 14.0 Å². The molecule has 198 valence electrons. The van der Waals surface area contributed by atoms with Gasteiger partial charge in [-0.05, 0) is 51.0 Å². The molecular formula is C28H44O7. The van der Waals surface area contributed by atoms with E-state index in [1.807, 2.05) is 6.08 Å². The molecule has 2 aliphatic rings. The first-order valence-corrected chi connectivity index (χ1v) is 13.3. The quantitative estimate of drug-likeness (QED) is 0.130. The number of carbonyl (C=O) groups excluding carboxylic acids is 3. The van der Waals surface area contributed by atoms with Crippen LogP contribution in [-0.4, -0.2) is 49.9 Å². The Kier molecular flexibility index (Phi) is 13.9. The number of esters is 2. The number of carbonyl (C=O) groups is 3. The minimum atomic E-state index is -0.310. The van der Waals surface area contributed by atoms with E-state index >= 15 is 0 Å². The first-order chi connectivity index (χ1) is 16.9. The van der Waals surface area contributed by atoms with Gasteiger partial charge in [-0.25, -0.2) is 0 Å². The van der Waals surface area contributed by atoms with Crippen molar-refractivity contribution in [1.82, 2.24) is 0 Å². The zero-order chi connectivity index (χ0) is 25.5. The zero-order valence-electron chi connectivity index (χ0n) is 21.7. The molecule has 0 aromatic rings. The fourth-order valence-electron chi connectivity index (χ4n) is 4.86. The van der Waals surface area contributed by atoms with Crippen LogP contribution in [0.3, 0.4) is 0 Å². The van der Waals surface area contributed by atoms with E-state index in [0.29, 0.717) is 32.3 Å². The SMILES string of the molecule is CCCCCC(=O)/C=C/C1[C@@H](C/C=C\CCCC(=O)OC)[C@@H](OC(C)=O)C[C@H]1OC1CCCCO1. The molecule has 2 unspecified atom stereocenters. The highest BCUT2D eigenvalue weighted by atomic mass is 16.7. The zero-order valence-corrected chi connectivity index (χ0v) is 21.7. The number of ketones is 1. The lowest BCUT2D eigenvalue weighted by Crippen LogP contribution is -2.30. The third-order valence-corrected chi connectivity index (χ3v) is 6.73. The summed E-state index contributed by atoms with van der Waals surface area (Å²) in [5.74, 6) is -0.444. The standard InChI is InChI=1S/C28H44O7/c1-4-5-8-13-22(30)17-18-24-23(14-9-6-7-10-15-27(31)32-3)25(34-21(2)29)20-26(24)35-28-16-11-12-19-33-28/h6,9,17-18,23-26,28H,4-5,7-8,10-16,19-20H2,1-3H3/b9-6-,18-17+/t23-,24?,25+,26-,28?/m1/s1. The van der Waals surface area contributed by atoms with Crippen molar-refractivity contribution in [2.75, 3.05) is 13.7 Å². The first kappa shape index (κ1) is 29.2. The summed E-state index contributed by atoms with van der Waals surface area (Å²) < 4.78 is 22.6. The van der Waals surface area contributed by atoms with Gasteiger partial charge in [0.1, 0.15) is 6.10 Å². The Morgan fingerprint density at radius 3 is 2.54 bits per heavy atom. The fraction of sp³-hybridized carbons (Fsp3) is 0.750. The number of unbranched alkanes of at least 4 members (excludes halogenated alkanes) is 3. The topological polar surface area (TPSA) is 88.1 Å². The molecular weight excluding hydrogens is 448 g/mol. The number of hydrogen-bond donors (Lipinski definition) is 0. The molecule has 5 atom stereocenters. The van der Waals surface area contributed by atoms with Crippen molar-refractivity contribution in [3.8, 4) is 0 Å². The first-order valence-electron chi connectivity index (χ1n) is 13.3. The molecule has 0 N–H and O–H groups in total. The maximum Gasteiger partial charge on any atom is 0.305 e. The third kappa shape index (κ3) is 11.1. The summed E-state index contributed by atoms with van der Waals surface area (Å²) in [6.45, 7) is 4.25. The predicted molar refractivity (Wildman–Crippen MR) is 134 cm³/mol. The lowest BCUT2D eigenvalue weighted by Gasteiger charge is -2.29. The molecule has 1 aliphatic heterocycles. The van der Waals surface area contributed by atoms with Crippen LogP contribution in [0.1, 0.15) is 90.9 Å². The Hall–Kier alpha value is -1.99. The van der Waals surface area contributed by atoms with Crippen LogP contribution in [0.15, 0.2) is 24.3 Å². The van der Waals surface area contributed by atoms with E-state index in [1.54, 1.807) is 6.08 Å². The number of rotatable bonds is 15. The highest BCUT2D eigenvalue weighted by Crippen LogP contribution is 2.41. The van der Waals surface area contributed by atoms with Gasteiger partial charge in [-0.2, -0.15) is 0 Å². The predicted octanol–water partition coefficient (Wildman–Crippen LogP) is 5.46. The van der Waals surface area contributed by atoms with Gasteiger partial charge >= 0.3 is 11.9 Å². The summed E-state index contributed by atoms with van der Waals surface area (Å²) in [6.07, 6.45) is 16.8. The minimum Gasteiger partial charge on any atom is -0.469 e. The molecule has 1 saturated heterocycles. The fourth-order valence-corrected chi connectivity index (χ4v) is 4.86.